The second kappa shape index (κ2) is 4.75. The van der Waals surface area contributed by atoms with Crippen LogP contribution in [0.2, 0.25) is 0 Å². The summed E-state index contributed by atoms with van der Waals surface area (Å²) in [7, 11) is 0. The van der Waals surface area contributed by atoms with Crippen LogP contribution in [0.5, 0.6) is 0 Å². The Bertz CT molecular complexity index is 311. The van der Waals surface area contributed by atoms with Crippen LogP contribution in [0.15, 0.2) is 0 Å². The first-order valence-electron chi connectivity index (χ1n) is 4.33. The van der Waals surface area contributed by atoms with E-state index in [1.54, 1.807) is 0 Å². The molecule has 0 fully saturated rings. The number of nitrogens with zero attached hydrogens (tertiary/aromatic N) is 2. The second-order valence-corrected chi connectivity index (χ2v) is 3.94. The molecule has 3 N–H and O–H groups in total. The van der Waals surface area contributed by atoms with Gasteiger partial charge in [-0.05, 0) is 6.42 Å². The fourth-order valence-electron chi connectivity index (χ4n) is 0.772. The average Bonchev–Trinajstić information content (AvgIpc) is 2.61. The van der Waals surface area contributed by atoms with E-state index in [1.165, 1.54) is 0 Å². The molecule has 1 unspecified atom stereocenters. The van der Waals surface area contributed by atoms with Gasteiger partial charge >= 0.3 is 6.18 Å². The smallest absolute Gasteiger partial charge is 0.359 e. The van der Waals surface area contributed by atoms with Crippen molar-refractivity contribution >= 4 is 16.5 Å². The van der Waals surface area contributed by atoms with Crippen LogP contribution in [0.25, 0.3) is 0 Å². The van der Waals surface area contributed by atoms with Crippen molar-refractivity contribution in [1.82, 2.24) is 10.2 Å². The van der Waals surface area contributed by atoms with Gasteiger partial charge in [0.25, 0.3) is 0 Å². The lowest BCUT2D eigenvalue weighted by Gasteiger charge is -2.07. The van der Waals surface area contributed by atoms with E-state index in [1.807, 2.05) is 6.92 Å². The van der Waals surface area contributed by atoms with Crippen molar-refractivity contribution in [2.45, 2.75) is 25.6 Å². The molecule has 0 aliphatic rings. The van der Waals surface area contributed by atoms with Gasteiger partial charge in [0.2, 0.25) is 10.1 Å². The van der Waals surface area contributed by atoms with Crippen molar-refractivity contribution in [2.75, 3.05) is 11.9 Å². The Morgan fingerprint density at radius 3 is 2.60 bits per heavy atom. The first-order valence-corrected chi connectivity index (χ1v) is 5.15. The predicted molar refractivity (Wildman–Crippen MR) is 51.7 cm³/mol. The lowest BCUT2D eigenvalue weighted by molar-refractivity contribution is -0.138. The van der Waals surface area contributed by atoms with Crippen molar-refractivity contribution in [2.24, 2.45) is 5.73 Å². The van der Waals surface area contributed by atoms with Crippen molar-refractivity contribution in [3.63, 3.8) is 0 Å². The maximum absolute atomic E-state index is 12.1. The Hall–Kier alpha value is -0.890. The summed E-state index contributed by atoms with van der Waals surface area (Å²) in [6.07, 6.45) is -3.68. The standard InChI is InChI=1S/C7H11F3N4S/c1-2-4(11)3-12-6-14-13-5(15-6)7(8,9)10/h4H,2-3,11H2,1H3,(H,12,14). The fourth-order valence-corrected chi connectivity index (χ4v) is 1.39. The summed E-state index contributed by atoms with van der Waals surface area (Å²) in [5.74, 6) is 0. The van der Waals surface area contributed by atoms with Crippen LogP contribution in [0.4, 0.5) is 18.3 Å². The van der Waals surface area contributed by atoms with E-state index < -0.39 is 11.2 Å². The molecule has 4 nitrogen and oxygen atoms in total. The highest BCUT2D eigenvalue weighted by Crippen LogP contribution is 2.32. The highest BCUT2D eigenvalue weighted by atomic mass is 32.1. The first kappa shape index (κ1) is 12.2. The third kappa shape index (κ3) is 3.63. The molecule has 1 heterocycles. The van der Waals surface area contributed by atoms with Crippen LogP contribution in [0, 0.1) is 0 Å². The molecule has 8 heteroatoms. The maximum atomic E-state index is 12.1. The van der Waals surface area contributed by atoms with Gasteiger partial charge in [0.05, 0.1) is 0 Å². The van der Waals surface area contributed by atoms with Crippen molar-refractivity contribution in [3.05, 3.63) is 5.01 Å². The Morgan fingerprint density at radius 1 is 1.47 bits per heavy atom. The van der Waals surface area contributed by atoms with E-state index in [9.17, 15) is 13.2 Å². The minimum absolute atomic E-state index is 0.0942. The summed E-state index contributed by atoms with van der Waals surface area (Å²) in [4.78, 5) is 0. The monoisotopic (exact) mass is 240 g/mol. The number of nitrogens with two attached hydrogens (primary N) is 1. The van der Waals surface area contributed by atoms with Gasteiger partial charge in [-0.25, -0.2) is 0 Å². The summed E-state index contributed by atoms with van der Waals surface area (Å²) in [5.41, 5.74) is 5.59. The van der Waals surface area contributed by atoms with Crippen LogP contribution in [-0.4, -0.2) is 22.8 Å². The van der Waals surface area contributed by atoms with Gasteiger partial charge < -0.3 is 11.1 Å². The quantitative estimate of drug-likeness (QED) is 0.840. The lowest BCUT2D eigenvalue weighted by Crippen LogP contribution is -2.27. The number of hydrogen-bond donors (Lipinski definition) is 2. The van der Waals surface area contributed by atoms with E-state index >= 15 is 0 Å². The van der Waals surface area contributed by atoms with Crippen molar-refractivity contribution in [3.8, 4) is 0 Å². The fraction of sp³-hybridized carbons (Fsp3) is 0.714. The zero-order chi connectivity index (χ0) is 11.5. The number of halogens is 3. The number of aromatic nitrogens is 2. The van der Waals surface area contributed by atoms with E-state index in [-0.39, 0.29) is 11.2 Å². The third-order valence-electron chi connectivity index (χ3n) is 1.71. The Labute approximate surface area is 88.7 Å². The van der Waals surface area contributed by atoms with Crippen molar-refractivity contribution in [1.29, 1.82) is 0 Å². The average molecular weight is 240 g/mol. The first-order chi connectivity index (χ1) is 6.93. The van der Waals surface area contributed by atoms with Gasteiger partial charge in [-0.3, -0.25) is 0 Å². The van der Waals surface area contributed by atoms with Gasteiger partial charge in [0.15, 0.2) is 0 Å². The number of anilines is 1. The molecule has 86 valence electrons. The minimum Gasteiger partial charge on any atom is -0.359 e. The Kier molecular flexibility index (Phi) is 3.86. The van der Waals surface area contributed by atoms with Crippen LogP contribution in [0.3, 0.4) is 0 Å². The molecular weight excluding hydrogens is 229 g/mol. The maximum Gasteiger partial charge on any atom is 0.445 e. The van der Waals surface area contributed by atoms with E-state index in [0.29, 0.717) is 17.9 Å². The molecule has 0 saturated carbocycles. The minimum atomic E-state index is -4.43. The molecule has 15 heavy (non-hydrogen) atoms. The summed E-state index contributed by atoms with van der Waals surface area (Å²) in [6.45, 7) is 2.29. The molecule has 1 aromatic heterocycles. The van der Waals surface area contributed by atoms with E-state index in [4.69, 9.17) is 5.73 Å². The van der Waals surface area contributed by atoms with E-state index in [2.05, 4.69) is 15.5 Å². The zero-order valence-electron chi connectivity index (χ0n) is 8.01. The molecule has 0 aliphatic heterocycles. The number of hydrogen-bond acceptors (Lipinski definition) is 5. The SMILES string of the molecule is CCC(N)CNc1nnc(C(F)(F)F)s1. The van der Waals surface area contributed by atoms with E-state index in [0.717, 1.165) is 6.42 Å². The number of nitrogens with one attached hydrogen (secondary N) is 1. The Balaban J connectivity index is 2.54. The molecular formula is C7H11F3N4S. The highest BCUT2D eigenvalue weighted by Gasteiger charge is 2.35. The van der Waals surface area contributed by atoms with Gasteiger partial charge in [0.1, 0.15) is 0 Å². The normalized spacial score (nSPS) is 13.9. The molecule has 0 saturated heterocycles. The van der Waals surface area contributed by atoms with Gasteiger partial charge in [-0.2, -0.15) is 13.2 Å². The van der Waals surface area contributed by atoms with Crippen LogP contribution >= 0.6 is 11.3 Å². The molecule has 0 aromatic carbocycles. The molecule has 1 aromatic rings. The molecule has 0 aliphatic carbocycles. The lowest BCUT2D eigenvalue weighted by atomic mass is 10.2. The summed E-state index contributed by atoms with van der Waals surface area (Å²) in [6, 6.07) is -0.0942. The summed E-state index contributed by atoms with van der Waals surface area (Å²) in [5, 5.41) is 8.31. The van der Waals surface area contributed by atoms with Crippen LogP contribution in [-0.2, 0) is 6.18 Å². The molecule has 0 radical (unpaired) electrons. The number of alkyl halides is 3. The molecule has 0 spiro atoms. The second-order valence-electron chi connectivity index (χ2n) is 2.96. The topological polar surface area (TPSA) is 63.8 Å². The van der Waals surface area contributed by atoms with Crippen LogP contribution in [0.1, 0.15) is 18.4 Å². The van der Waals surface area contributed by atoms with Gasteiger partial charge in [-0.1, -0.05) is 18.3 Å². The third-order valence-corrected chi connectivity index (χ3v) is 2.63. The zero-order valence-corrected chi connectivity index (χ0v) is 8.82. The molecule has 1 rings (SSSR count). The highest BCUT2D eigenvalue weighted by molar-refractivity contribution is 7.15. The van der Waals surface area contributed by atoms with Gasteiger partial charge in [-0.15, -0.1) is 10.2 Å². The number of rotatable bonds is 4. The van der Waals surface area contributed by atoms with Gasteiger partial charge in [0, 0.05) is 12.6 Å². The summed E-state index contributed by atoms with van der Waals surface area (Å²) >= 11 is 0.478. The Morgan fingerprint density at radius 2 is 2.13 bits per heavy atom. The molecule has 0 amide bonds. The summed E-state index contributed by atoms with van der Waals surface area (Å²) < 4.78 is 36.4. The van der Waals surface area contributed by atoms with Crippen LogP contribution < -0.4 is 11.1 Å². The molecule has 1 atom stereocenters. The predicted octanol–water partition coefficient (Wildman–Crippen LogP) is 1.71. The van der Waals surface area contributed by atoms with Crippen molar-refractivity contribution < 1.29 is 13.2 Å². The largest absolute Gasteiger partial charge is 0.445 e. The molecule has 0 bridgehead atoms.